The molecule has 0 aromatic heterocycles. The van der Waals surface area contributed by atoms with Crippen molar-refractivity contribution < 1.29 is 14.2 Å². The highest BCUT2D eigenvalue weighted by molar-refractivity contribution is 6.03. The van der Waals surface area contributed by atoms with Crippen molar-refractivity contribution in [1.82, 2.24) is 10.6 Å². The van der Waals surface area contributed by atoms with Crippen LogP contribution < -0.4 is 15.5 Å². The first kappa shape index (κ1) is 33.0. The maximum Gasteiger partial charge on any atom is 0.220 e. The maximum atomic E-state index is 12.2. The average molecular weight is 596 g/mol. The van der Waals surface area contributed by atoms with Crippen LogP contribution in [0.15, 0.2) is 78.9 Å². The topological polar surface area (TPSA) is 64.5 Å². The van der Waals surface area contributed by atoms with Crippen LogP contribution >= 0.6 is 0 Å². The van der Waals surface area contributed by atoms with Crippen LogP contribution in [0.5, 0.6) is 0 Å². The molecule has 6 nitrogen and oxygen atoms in total. The number of benzene rings is 2. The lowest BCUT2D eigenvalue weighted by atomic mass is 9.81. The van der Waals surface area contributed by atoms with Crippen LogP contribution in [-0.2, 0) is 15.0 Å². The average Bonchev–Trinajstić information content (AvgIpc) is 3.36. The molecule has 2 aliphatic heterocycles. The molecule has 0 saturated carbocycles. The minimum Gasteiger partial charge on any atom is -0.362 e. The van der Waals surface area contributed by atoms with Gasteiger partial charge in [-0.1, -0.05) is 74.0 Å². The standard InChI is InChI=1S/C38H50N4O2/c1-7-35(43)39-26-27-40-36(44)25-13-10-18-28-42-32-22-16-14-19-29(32)30(38(42,5)6)20-11-9-12-24-34-37(3,4)31-21-15-17-23-33(31)41(34)8-2/h9,11-12,14-17,19-24H,7-8,10,13,18,25-28H2,1-6H3,(H-,39,40,43,44)/p+1. The Kier molecular flexibility index (Phi) is 11.0. The van der Waals surface area contributed by atoms with Crippen LogP contribution in [0.2, 0.25) is 0 Å². The van der Waals surface area contributed by atoms with E-state index in [0.717, 1.165) is 32.4 Å². The minimum atomic E-state index is -0.138. The Morgan fingerprint density at radius 1 is 0.841 bits per heavy atom. The quantitative estimate of drug-likeness (QED) is 0.139. The lowest BCUT2D eigenvalue weighted by molar-refractivity contribution is -0.433. The highest BCUT2D eigenvalue weighted by Gasteiger charge is 2.43. The predicted molar refractivity (Wildman–Crippen MR) is 184 cm³/mol. The molecule has 44 heavy (non-hydrogen) atoms. The van der Waals surface area contributed by atoms with Crippen LogP contribution in [0.3, 0.4) is 0 Å². The molecule has 2 N–H and O–H groups in total. The van der Waals surface area contributed by atoms with E-state index in [9.17, 15) is 9.59 Å². The Labute approximate surface area is 264 Å². The zero-order valence-corrected chi connectivity index (χ0v) is 27.6. The van der Waals surface area contributed by atoms with Gasteiger partial charge in [0.2, 0.25) is 17.5 Å². The number of anilines is 1. The smallest absolute Gasteiger partial charge is 0.220 e. The highest BCUT2D eigenvalue weighted by atomic mass is 16.2. The summed E-state index contributed by atoms with van der Waals surface area (Å²) in [4.78, 5) is 26.0. The van der Waals surface area contributed by atoms with Gasteiger partial charge in [0.15, 0.2) is 5.71 Å². The summed E-state index contributed by atoms with van der Waals surface area (Å²) >= 11 is 0. The lowest BCUT2D eigenvalue weighted by Crippen LogP contribution is -2.41. The Balaban J connectivity index is 1.35. The molecule has 2 aliphatic rings. The van der Waals surface area contributed by atoms with Crippen molar-refractivity contribution in [2.24, 2.45) is 0 Å². The summed E-state index contributed by atoms with van der Waals surface area (Å²) in [6.45, 7) is 16.1. The van der Waals surface area contributed by atoms with Gasteiger partial charge in [0.1, 0.15) is 6.54 Å². The van der Waals surface area contributed by atoms with Crippen LogP contribution in [0, 0.1) is 0 Å². The number of carbonyl (C=O) groups excluding carboxylic acids is 2. The zero-order chi connectivity index (χ0) is 31.7. The van der Waals surface area contributed by atoms with Gasteiger partial charge in [-0.15, -0.1) is 0 Å². The van der Waals surface area contributed by atoms with Crippen molar-refractivity contribution in [3.63, 3.8) is 0 Å². The van der Waals surface area contributed by atoms with Gasteiger partial charge in [-0.05, 0) is 59.1 Å². The summed E-state index contributed by atoms with van der Waals surface area (Å²) in [5, 5.41) is 5.68. The lowest BCUT2D eigenvalue weighted by Gasteiger charge is -2.35. The van der Waals surface area contributed by atoms with Crippen molar-refractivity contribution in [3.05, 3.63) is 90.0 Å². The second kappa shape index (κ2) is 14.7. The molecule has 0 bridgehead atoms. The number of fused-ring (bicyclic) bond motifs is 2. The van der Waals surface area contributed by atoms with Crippen LogP contribution in [-0.4, -0.2) is 53.8 Å². The third-order valence-electron chi connectivity index (χ3n) is 9.05. The Bertz CT molecular complexity index is 1460. The maximum absolute atomic E-state index is 12.2. The predicted octanol–water partition coefficient (Wildman–Crippen LogP) is 7.08. The van der Waals surface area contributed by atoms with Gasteiger partial charge < -0.3 is 15.5 Å². The number of hydrogen-bond donors (Lipinski definition) is 2. The molecule has 4 rings (SSSR count). The third kappa shape index (κ3) is 7.23. The first-order valence-electron chi connectivity index (χ1n) is 16.3. The second-order valence-corrected chi connectivity index (χ2v) is 12.7. The monoisotopic (exact) mass is 595 g/mol. The van der Waals surface area contributed by atoms with Gasteiger partial charge in [0.25, 0.3) is 0 Å². The van der Waals surface area contributed by atoms with E-state index in [1.54, 1.807) is 0 Å². The summed E-state index contributed by atoms with van der Waals surface area (Å²) < 4.78 is 2.42. The second-order valence-electron chi connectivity index (χ2n) is 12.7. The van der Waals surface area contributed by atoms with Gasteiger partial charge in [0, 0.05) is 61.4 Å². The molecule has 234 valence electrons. The Morgan fingerprint density at radius 2 is 1.55 bits per heavy atom. The fourth-order valence-electron chi connectivity index (χ4n) is 6.60. The normalized spacial score (nSPS) is 17.5. The largest absolute Gasteiger partial charge is 0.362 e. The molecule has 2 amide bonds. The van der Waals surface area contributed by atoms with Gasteiger partial charge >= 0.3 is 0 Å². The molecule has 6 heteroatoms. The van der Waals surface area contributed by atoms with Gasteiger partial charge in [-0.2, -0.15) is 4.58 Å². The fraction of sp³-hybridized carbons (Fsp3) is 0.447. The van der Waals surface area contributed by atoms with Crippen LogP contribution in [0.1, 0.15) is 84.8 Å². The van der Waals surface area contributed by atoms with E-state index in [0.29, 0.717) is 25.9 Å². The minimum absolute atomic E-state index is 0.00850. The number of para-hydroxylation sites is 2. The van der Waals surface area contributed by atoms with E-state index in [1.165, 1.54) is 33.8 Å². The Morgan fingerprint density at radius 3 is 2.30 bits per heavy atom. The van der Waals surface area contributed by atoms with Gasteiger partial charge in [0.05, 0.1) is 11.0 Å². The number of rotatable bonds is 14. The van der Waals surface area contributed by atoms with E-state index in [4.69, 9.17) is 0 Å². The third-order valence-corrected chi connectivity index (χ3v) is 9.05. The summed E-state index contributed by atoms with van der Waals surface area (Å²) in [6, 6.07) is 17.4. The molecular formula is C38H51N4O2+. The summed E-state index contributed by atoms with van der Waals surface area (Å²) in [5.74, 6) is 0.0599. The summed E-state index contributed by atoms with van der Waals surface area (Å²) in [7, 11) is 0. The van der Waals surface area contributed by atoms with Crippen molar-refractivity contribution in [2.75, 3.05) is 31.1 Å². The molecule has 2 aromatic carbocycles. The Hall–Kier alpha value is -3.93. The van der Waals surface area contributed by atoms with E-state index in [-0.39, 0.29) is 22.8 Å². The number of allylic oxidation sites excluding steroid dienone is 5. The number of amides is 2. The van der Waals surface area contributed by atoms with Crippen molar-refractivity contribution in [3.8, 4) is 0 Å². The SMILES string of the molecule is CCC(=O)NCCNC(=O)CCCCCN1c2ccccc2/C(=C/C=C/C=C/C2=[N+](CC)c3ccccc3C2(C)C)C1(C)C. The molecule has 0 spiro atoms. The number of carbonyl (C=O) groups is 2. The first-order valence-corrected chi connectivity index (χ1v) is 16.3. The zero-order valence-electron chi connectivity index (χ0n) is 27.6. The van der Waals surface area contributed by atoms with E-state index >= 15 is 0 Å². The molecule has 0 atom stereocenters. The molecule has 0 saturated heterocycles. The number of hydrogen-bond acceptors (Lipinski definition) is 3. The molecule has 2 heterocycles. The van der Waals surface area contributed by atoms with E-state index < -0.39 is 0 Å². The van der Waals surface area contributed by atoms with E-state index in [1.807, 2.05) is 6.92 Å². The first-order chi connectivity index (χ1) is 21.1. The fourth-order valence-corrected chi connectivity index (χ4v) is 6.60. The molecule has 2 aromatic rings. The van der Waals surface area contributed by atoms with Crippen LogP contribution in [0.25, 0.3) is 5.57 Å². The molecule has 0 fully saturated rings. The van der Waals surface area contributed by atoms with Crippen LogP contribution in [0.4, 0.5) is 11.4 Å². The van der Waals surface area contributed by atoms with Crippen molar-refractivity contribution in [1.29, 1.82) is 0 Å². The molecule has 0 aliphatic carbocycles. The number of nitrogens with one attached hydrogen (secondary N) is 2. The van der Waals surface area contributed by atoms with Gasteiger partial charge in [-0.3, -0.25) is 9.59 Å². The van der Waals surface area contributed by atoms with Gasteiger partial charge in [-0.25, -0.2) is 0 Å². The molecule has 0 radical (unpaired) electrons. The van der Waals surface area contributed by atoms with Crippen molar-refractivity contribution in [2.45, 2.75) is 84.6 Å². The number of nitrogens with zero attached hydrogens (tertiary/aromatic N) is 2. The van der Waals surface area contributed by atoms with E-state index in [2.05, 4.69) is 134 Å². The molecule has 0 unspecified atom stereocenters. The highest BCUT2D eigenvalue weighted by Crippen LogP contribution is 2.47. The van der Waals surface area contributed by atoms with Crippen molar-refractivity contribution >= 4 is 34.5 Å². The number of unbranched alkanes of at least 4 members (excludes halogenated alkanes) is 2. The summed E-state index contributed by atoms with van der Waals surface area (Å²) in [6.07, 6.45) is 14.9. The summed E-state index contributed by atoms with van der Waals surface area (Å²) in [5.41, 5.74) is 7.75. The molecular weight excluding hydrogens is 544 g/mol.